The monoisotopic (exact) mass is 470 g/mol. The molecule has 16 heteroatoms. The Morgan fingerprint density at radius 3 is 1.71 bits per heavy atom. The molecule has 0 rings (SSSR count). The average molecular weight is 470 g/mol. The number of hydrogen-bond donors (Lipinski definition) is 0. The van der Waals surface area contributed by atoms with Crippen LogP contribution in [0.15, 0.2) is 0 Å². The second-order valence-electron chi connectivity index (χ2n) is 6.77. The van der Waals surface area contributed by atoms with Gasteiger partial charge in [-0.1, -0.05) is 0 Å². The fourth-order valence-electron chi connectivity index (χ4n) is 2.15. The summed E-state index contributed by atoms with van der Waals surface area (Å²) in [6.07, 6.45) is -7.02. The molecule has 0 N–H and O–H groups in total. The molecule has 170 valence electrons. The molecule has 0 amide bonds. The van der Waals surface area contributed by atoms with Crippen LogP contribution in [-0.2, 0) is 20.1 Å². The van der Waals surface area contributed by atoms with Crippen molar-refractivity contribution in [3.8, 4) is 0 Å². The van der Waals surface area contributed by atoms with E-state index in [0.717, 1.165) is 0 Å². The highest BCUT2D eigenvalue weighted by atomic mass is 32.2. The molecule has 0 atom stereocenters. The molecule has 0 aromatic rings. The zero-order valence-corrected chi connectivity index (χ0v) is 16.8. The first-order valence-electron chi connectivity index (χ1n) is 7.62. The zero-order chi connectivity index (χ0) is 22.8. The van der Waals surface area contributed by atoms with Crippen LogP contribution in [0.2, 0.25) is 0 Å². The van der Waals surface area contributed by atoms with Gasteiger partial charge in [0.25, 0.3) is 10.0 Å². The molecule has 0 aliphatic heterocycles. The Morgan fingerprint density at radius 2 is 1.32 bits per heavy atom. The molecule has 0 saturated carbocycles. The number of halogens is 7. The quantitative estimate of drug-likeness (QED) is 0.259. The molecule has 0 unspecified atom stereocenters. The molecule has 0 saturated heterocycles. The van der Waals surface area contributed by atoms with Gasteiger partial charge in [0.15, 0.2) is 0 Å². The van der Waals surface area contributed by atoms with E-state index in [2.05, 4.69) is 0 Å². The lowest BCUT2D eigenvalue weighted by molar-refractivity contribution is -0.890. The van der Waals surface area contributed by atoms with Crippen molar-refractivity contribution < 1.29 is 56.6 Å². The van der Waals surface area contributed by atoms with Crippen LogP contribution in [0, 0.1) is 0 Å². The van der Waals surface area contributed by atoms with Gasteiger partial charge in [-0.05, 0) is 0 Å². The molecule has 7 nitrogen and oxygen atoms in total. The Labute approximate surface area is 158 Å². The van der Waals surface area contributed by atoms with Crippen LogP contribution in [0.1, 0.15) is 12.8 Å². The van der Waals surface area contributed by atoms with E-state index in [1.165, 1.54) is 0 Å². The topological polar surface area (TPSA) is 94.6 Å². The van der Waals surface area contributed by atoms with E-state index in [9.17, 15) is 52.1 Å². The van der Waals surface area contributed by atoms with Gasteiger partial charge in [0.1, 0.15) is 0 Å². The number of hydrogen-bond acceptors (Lipinski definition) is 5. The van der Waals surface area contributed by atoms with Crippen LogP contribution in [0.25, 0.3) is 0 Å². The lowest BCUT2D eigenvalue weighted by atomic mass is 10.3. The highest BCUT2D eigenvalue weighted by Gasteiger charge is 2.79. The number of sulfonamides is 1. The maximum Gasteiger partial charge on any atom is 0.461 e. The molecule has 0 fully saturated rings. The number of rotatable bonds is 11. The van der Waals surface area contributed by atoms with Crippen molar-refractivity contribution in [3.63, 3.8) is 0 Å². The summed E-state index contributed by atoms with van der Waals surface area (Å²) < 4.78 is 144. The Hall–Kier alpha value is -0.710. The van der Waals surface area contributed by atoms with Crippen molar-refractivity contribution in [2.75, 3.05) is 46.5 Å². The van der Waals surface area contributed by atoms with Gasteiger partial charge in [0.05, 0.1) is 37.3 Å². The normalized spacial score (nSPS) is 15.3. The fraction of sp³-hybridized carbons (Fsp3) is 1.00. The molecule has 0 aliphatic rings. The molecule has 28 heavy (non-hydrogen) atoms. The second kappa shape index (κ2) is 8.57. The molecule has 0 aromatic heterocycles. The summed E-state index contributed by atoms with van der Waals surface area (Å²) in [6.45, 7) is -0.604. The van der Waals surface area contributed by atoms with Gasteiger partial charge in [0, 0.05) is 32.2 Å². The predicted octanol–water partition coefficient (Wildman–Crippen LogP) is 1.44. The Bertz CT molecular complexity index is 736. The van der Waals surface area contributed by atoms with Crippen molar-refractivity contribution in [1.82, 2.24) is 4.31 Å². The maximum absolute atomic E-state index is 13.5. The standard InChI is InChI=1S/C12H21F7N2O5S2/c1-20(6-4-7-21(2,3)8-5-9-27(22,23)24)28(25,26)12(18,19)10(13,14)11(15,16)17/h4-9H2,1-3H3. The minimum Gasteiger partial charge on any atom is -0.748 e. The van der Waals surface area contributed by atoms with E-state index < -0.39 is 49.8 Å². The summed E-state index contributed by atoms with van der Waals surface area (Å²) in [5.41, 5.74) is 0. The van der Waals surface area contributed by atoms with E-state index in [0.29, 0.717) is 7.05 Å². The summed E-state index contributed by atoms with van der Waals surface area (Å²) >= 11 is 0. The van der Waals surface area contributed by atoms with Gasteiger partial charge < -0.3 is 9.04 Å². The minimum atomic E-state index is -6.79. The number of alkyl halides is 7. The van der Waals surface area contributed by atoms with Crippen LogP contribution >= 0.6 is 0 Å². The largest absolute Gasteiger partial charge is 0.748 e. The molecular formula is C12H21F7N2O5S2. The van der Waals surface area contributed by atoms with E-state index in [1.807, 2.05) is 0 Å². The van der Waals surface area contributed by atoms with Crippen molar-refractivity contribution in [3.05, 3.63) is 0 Å². The third kappa shape index (κ3) is 6.67. The van der Waals surface area contributed by atoms with E-state index in [-0.39, 0.29) is 34.7 Å². The summed E-state index contributed by atoms with van der Waals surface area (Å²) in [4.78, 5) is 0. The molecule has 0 bridgehead atoms. The van der Waals surface area contributed by atoms with Gasteiger partial charge in [0.2, 0.25) is 0 Å². The zero-order valence-electron chi connectivity index (χ0n) is 15.1. The predicted molar refractivity (Wildman–Crippen MR) is 83.1 cm³/mol. The first-order valence-corrected chi connectivity index (χ1v) is 10.6. The summed E-state index contributed by atoms with van der Waals surface area (Å²) in [5.74, 6) is -7.44. The van der Waals surface area contributed by atoms with Gasteiger partial charge in [-0.2, -0.15) is 35.0 Å². The van der Waals surface area contributed by atoms with Crippen molar-refractivity contribution >= 4 is 20.1 Å². The summed E-state index contributed by atoms with van der Waals surface area (Å²) in [7, 11) is -7.24. The average Bonchev–Trinajstić information content (AvgIpc) is 2.43. The Kier molecular flexibility index (Phi) is 8.35. The molecular weight excluding hydrogens is 449 g/mol. The van der Waals surface area contributed by atoms with Crippen LogP contribution in [-0.4, -0.2) is 94.1 Å². The van der Waals surface area contributed by atoms with Gasteiger partial charge in [-0.3, -0.25) is 0 Å². The fourth-order valence-corrected chi connectivity index (χ4v) is 3.83. The summed E-state index contributed by atoms with van der Waals surface area (Å²) in [6, 6.07) is 0. The Morgan fingerprint density at radius 1 is 0.893 bits per heavy atom. The molecule has 0 spiro atoms. The third-order valence-electron chi connectivity index (χ3n) is 3.85. The van der Waals surface area contributed by atoms with Crippen LogP contribution in [0.3, 0.4) is 0 Å². The van der Waals surface area contributed by atoms with E-state index >= 15 is 0 Å². The lowest BCUT2D eigenvalue weighted by Gasteiger charge is -2.32. The number of quaternary nitrogens is 1. The van der Waals surface area contributed by atoms with Crippen molar-refractivity contribution in [1.29, 1.82) is 0 Å². The molecule has 0 radical (unpaired) electrons. The first kappa shape index (κ1) is 27.3. The first-order chi connectivity index (χ1) is 12.1. The number of nitrogens with zero attached hydrogens (tertiary/aromatic N) is 2. The SMILES string of the molecule is CN(CCC[N+](C)(C)CCCS(=O)(=O)[O-])S(=O)(=O)C(F)(F)C(F)(F)C(F)(F)F. The van der Waals surface area contributed by atoms with Crippen LogP contribution in [0.5, 0.6) is 0 Å². The van der Waals surface area contributed by atoms with Gasteiger partial charge in [-0.15, -0.1) is 0 Å². The maximum atomic E-state index is 13.5. The van der Waals surface area contributed by atoms with Crippen LogP contribution < -0.4 is 0 Å². The third-order valence-corrected chi connectivity index (χ3v) is 6.55. The van der Waals surface area contributed by atoms with Crippen molar-refractivity contribution in [2.24, 2.45) is 0 Å². The minimum absolute atomic E-state index is 0.0263. The van der Waals surface area contributed by atoms with Crippen LogP contribution in [0.4, 0.5) is 30.7 Å². The smallest absolute Gasteiger partial charge is 0.461 e. The van der Waals surface area contributed by atoms with Gasteiger partial charge >= 0.3 is 17.4 Å². The highest BCUT2D eigenvalue weighted by Crippen LogP contribution is 2.49. The highest BCUT2D eigenvalue weighted by molar-refractivity contribution is 7.90. The Balaban J connectivity index is 5.01. The van der Waals surface area contributed by atoms with E-state index in [4.69, 9.17) is 0 Å². The molecule has 0 aromatic carbocycles. The lowest BCUT2D eigenvalue weighted by Crippen LogP contribution is -2.59. The van der Waals surface area contributed by atoms with Gasteiger partial charge in [-0.25, -0.2) is 16.8 Å². The second-order valence-corrected chi connectivity index (χ2v) is 10.4. The molecule has 0 heterocycles. The van der Waals surface area contributed by atoms with E-state index in [1.54, 1.807) is 14.1 Å². The van der Waals surface area contributed by atoms with Crippen molar-refractivity contribution in [2.45, 2.75) is 30.2 Å². The summed E-state index contributed by atoms with van der Waals surface area (Å²) in [5, 5.41) is -6.40. The molecule has 0 aliphatic carbocycles.